The highest BCUT2D eigenvalue weighted by Crippen LogP contribution is 2.58. The molecule has 0 saturated heterocycles. The first-order valence-electron chi connectivity index (χ1n) is 10.1. The Kier molecular flexibility index (Phi) is 5.58. The maximum atomic E-state index is 2.65. The highest BCUT2D eigenvalue weighted by atomic mass is 15.1. The van der Waals surface area contributed by atoms with Crippen molar-refractivity contribution in [3.8, 4) is 0 Å². The standard InChI is InChI=1S/C25H35N/c1-24(2,3)23-16-22(25(23,4)5)19-26(17-20-12-8-6-9-13-20)18-21-14-10-7-11-15-21/h6-15,22-23H,16-19H2,1-5H3/t22-,23?/m0/s1. The molecular formula is C25H35N. The molecule has 2 atom stereocenters. The van der Waals surface area contributed by atoms with E-state index in [4.69, 9.17) is 0 Å². The lowest BCUT2D eigenvalue weighted by Gasteiger charge is -2.59. The summed E-state index contributed by atoms with van der Waals surface area (Å²) in [5.74, 6) is 1.59. The molecule has 0 spiro atoms. The second-order valence-corrected chi connectivity index (χ2v) is 9.81. The summed E-state index contributed by atoms with van der Waals surface area (Å²) in [5.41, 5.74) is 3.65. The van der Waals surface area contributed by atoms with Crippen LogP contribution in [0.5, 0.6) is 0 Å². The Hall–Kier alpha value is -1.60. The maximum Gasteiger partial charge on any atom is 0.0237 e. The number of benzene rings is 2. The first-order valence-corrected chi connectivity index (χ1v) is 10.1. The molecule has 0 heterocycles. The molecule has 1 saturated carbocycles. The van der Waals surface area contributed by atoms with Crippen LogP contribution in [0.4, 0.5) is 0 Å². The Labute approximate surface area is 160 Å². The van der Waals surface area contributed by atoms with Crippen LogP contribution in [-0.4, -0.2) is 11.4 Å². The van der Waals surface area contributed by atoms with Gasteiger partial charge in [-0.2, -0.15) is 0 Å². The summed E-state index contributed by atoms with van der Waals surface area (Å²) in [5, 5.41) is 0. The Morgan fingerprint density at radius 3 is 1.69 bits per heavy atom. The van der Waals surface area contributed by atoms with Crippen molar-refractivity contribution in [2.75, 3.05) is 6.54 Å². The van der Waals surface area contributed by atoms with Gasteiger partial charge in [0.15, 0.2) is 0 Å². The van der Waals surface area contributed by atoms with E-state index in [1.54, 1.807) is 0 Å². The highest BCUT2D eigenvalue weighted by Gasteiger charge is 2.52. The number of hydrogen-bond acceptors (Lipinski definition) is 1. The zero-order chi connectivity index (χ0) is 18.8. The van der Waals surface area contributed by atoms with Gasteiger partial charge < -0.3 is 0 Å². The second kappa shape index (κ2) is 7.56. The third-order valence-electron chi connectivity index (χ3n) is 6.49. The van der Waals surface area contributed by atoms with Crippen LogP contribution in [0.2, 0.25) is 0 Å². The van der Waals surface area contributed by atoms with E-state index in [2.05, 4.69) is 100 Å². The van der Waals surface area contributed by atoms with E-state index in [1.165, 1.54) is 24.1 Å². The summed E-state index contributed by atoms with van der Waals surface area (Å²) in [6.45, 7) is 15.4. The normalized spacial score (nSPS) is 22.2. The fraction of sp³-hybridized carbons (Fsp3) is 0.520. The van der Waals surface area contributed by atoms with E-state index >= 15 is 0 Å². The molecule has 26 heavy (non-hydrogen) atoms. The minimum absolute atomic E-state index is 0.406. The van der Waals surface area contributed by atoms with Gasteiger partial charge in [0.1, 0.15) is 0 Å². The van der Waals surface area contributed by atoms with Gasteiger partial charge in [-0.1, -0.05) is 95.3 Å². The first-order chi connectivity index (χ1) is 12.3. The molecule has 3 rings (SSSR count). The summed E-state index contributed by atoms with van der Waals surface area (Å²) in [4.78, 5) is 2.65. The third-order valence-corrected chi connectivity index (χ3v) is 6.49. The molecular weight excluding hydrogens is 314 g/mol. The predicted octanol–water partition coefficient (Wildman–Crippen LogP) is 6.40. The number of hydrogen-bond donors (Lipinski definition) is 0. The molecule has 1 unspecified atom stereocenters. The van der Waals surface area contributed by atoms with Crippen molar-refractivity contribution in [3.05, 3.63) is 71.8 Å². The maximum absolute atomic E-state index is 2.65. The smallest absolute Gasteiger partial charge is 0.0237 e. The van der Waals surface area contributed by atoms with Crippen LogP contribution in [0.15, 0.2) is 60.7 Å². The fourth-order valence-corrected chi connectivity index (χ4v) is 4.98. The van der Waals surface area contributed by atoms with E-state index in [0.29, 0.717) is 10.8 Å². The van der Waals surface area contributed by atoms with Crippen molar-refractivity contribution in [1.82, 2.24) is 4.90 Å². The van der Waals surface area contributed by atoms with E-state index < -0.39 is 0 Å². The zero-order valence-electron chi connectivity index (χ0n) is 17.2. The summed E-state index contributed by atoms with van der Waals surface area (Å²) < 4.78 is 0. The third kappa shape index (κ3) is 4.38. The largest absolute Gasteiger partial charge is 0.295 e. The van der Waals surface area contributed by atoms with Crippen LogP contribution in [0.3, 0.4) is 0 Å². The number of nitrogens with zero attached hydrogens (tertiary/aromatic N) is 1. The Morgan fingerprint density at radius 1 is 0.846 bits per heavy atom. The lowest BCUT2D eigenvalue weighted by molar-refractivity contribution is -0.0977. The fourth-order valence-electron chi connectivity index (χ4n) is 4.98. The van der Waals surface area contributed by atoms with Gasteiger partial charge in [0.2, 0.25) is 0 Å². The molecule has 0 bridgehead atoms. The molecule has 0 N–H and O–H groups in total. The van der Waals surface area contributed by atoms with Gasteiger partial charge in [-0.15, -0.1) is 0 Å². The van der Waals surface area contributed by atoms with Crippen LogP contribution >= 0.6 is 0 Å². The quantitative estimate of drug-likeness (QED) is 0.583. The van der Waals surface area contributed by atoms with Gasteiger partial charge in [-0.25, -0.2) is 0 Å². The molecule has 1 aliphatic carbocycles. The average molecular weight is 350 g/mol. The molecule has 140 valence electrons. The molecule has 0 aromatic heterocycles. The average Bonchev–Trinajstić information content (AvgIpc) is 2.59. The molecule has 0 amide bonds. The second-order valence-electron chi connectivity index (χ2n) is 9.81. The van der Waals surface area contributed by atoms with Crippen molar-refractivity contribution in [2.24, 2.45) is 22.7 Å². The van der Waals surface area contributed by atoms with Crippen molar-refractivity contribution in [3.63, 3.8) is 0 Å². The van der Waals surface area contributed by atoms with Gasteiger partial charge in [-0.05, 0) is 40.2 Å². The predicted molar refractivity (Wildman–Crippen MR) is 112 cm³/mol. The monoisotopic (exact) mass is 349 g/mol. The molecule has 1 aliphatic rings. The van der Waals surface area contributed by atoms with Crippen molar-refractivity contribution >= 4 is 0 Å². The van der Waals surface area contributed by atoms with E-state index in [0.717, 1.165) is 24.9 Å². The van der Waals surface area contributed by atoms with Gasteiger partial charge in [-0.3, -0.25) is 4.90 Å². The Morgan fingerprint density at radius 2 is 1.31 bits per heavy atom. The summed E-state index contributed by atoms with van der Waals surface area (Å²) >= 11 is 0. The Balaban J connectivity index is 1.72. The highest BCUT2D eigenvalue weighted by molar-refractivity contribution is 5.17. The van der Waals surface area contributed by atoms with Gasteiger partial charge in [0, 0.05) is 19.6 Å². The minimum Gasteiger partial charge on any atom is -0.295 e. The SMILES string of the molecule is CC(C)(C)C1C[C@@H](CN(Cc2ccccc2)Cc2ccccc2)C1(C)C. The zero-order valence-corrected chi connectivity index (χ0v) is 17.2. The van der Waals surface area contributed by atoms with Crippen LogP contribution in [-0.2, 0) is 13.1 Å². The summed E-state index contributed by atoms with van der Waals surface area (Å²) in [7, 11) is 0. The first kappa shape index (κ1) is 19.2. The van der Waals surface area contributed by atoms with E-state index in [1.807, 2.05) is 0 Å². The van der Waals surface area contributed by atoms with E-state index in [9.17, 15) is 0 Å². The molecule has 2 aromatic carbocycles. The molecule has 2 aromatic rings. The molecule has 1 fully saturated rings. The van der Waals surface area contributed by atoms with Gasteiger partial charge >= 0.3 is 0 Å². The molecule has 0 radical (unpaired) electrons. The lowest BCUT2D eigenvalue weighted by Crippen LogP contribution is -2.54. The summed E-state index contributed by atoms with van der Waals surface area (Å²) in [6.07, 6.45) is 1.36. The van der Waals surface area contributed by atoms with Gasteiger partial charge in [0.05, 0.1) is 0 Å². The van der Waals surface area contributed by atoms with Crippen molar-refractivity contribution < 1.29 is 0 Å². The topological polar surface area (TPSA) is 3.24 Å². The van der Waals surface area contributed by atoms with E-state index in [-0.39, 0.29) is 0 Å². The van der Waals surface area contributed by atoms with Crippen molar-refractivity contribution in [2.45, 2.75) is 54.1 Å². The van der Waals surface area contributed by atoms with Crippen LogP contribution in [0.1, 0.15) is 52.2 Å². The summed E-state index contributed by atoms with van der Waals surface area (Å²) in [6, 6.07) is 21.8. The van der Waals surface area contributed by atoms with Crippen LogP contribution < -0.4 is 0 Å². The van der Waals surface area contributed by atoms with Crippen LogP contribution in [0.25, 0.3) is 0 Å². The molecule has 0 aliphatic heterocycles. The Bertz CT molecular complexity index is 640. The molecule has 1 heteroatoms. The minimum atomic E-state index is 0.406. The van der Waals surface area contributed by atoms with Crippen LogP contribution in [0, 0.1) is 22.7 Å². The molecule has 1 nitrogen and oxygen atoms in total. The van der Waals surface area contributed by atoms with Gasteiger partial charge in [0.25, 0.3) is 0 Å². The van der Waals surface area contributed by atoms with Crippen molar-refractivity contribution in [1.29, 1.82) is 0 Å². The number of rotatable bonds is 6. The lowest BCUT2D eigenvalue weighted by atomic mass is 9.48.